The minimum Gasteiger partial charge on any atom is -0.489 e. The van der Waals surface area contributed by atoms with E-state index in [1.807, 2.05) is 91.0 Å². The number of ether oxygens (including phenoxy) is 1. The van der Waals surface area contributed by atoms with Crippen LogP contribution in [0.5, 0.6) is 5.75 Å². The molecule has 0 saturated heterocycles. The van der Waals surface area contributed by atoms with Gasteiger partial charge in [0, 0.05) is 28.6 Å². The Morgan fingerprint density at radius 2 is 1.29 bits per heavy atom. The van der Waals surface area contributed by atoms with Crippen LogP contribution in [0.4, 0.5) is 0 Å². The molecule has 45 heavy (non-hydrogen) atoms. The second-order valence-electron chi connectivity index (χ2n) is 11.5. The lowest BCUT2D eigenvalue weighted by Gasteiger charge is -2.15. The second-order valence-corrected chi connectivity index (χ2v) is 11.5. The van der Waals surface area contributed by atoms with Crippen LogP contribution in [0, 0.1) is 16.7 Å². The summed E-state index contributed by atoms with van der Waals surface area (Å²) in [5.74, 6) is -0.957. The van der Waals surface area contributed by atoms with Crippen LogP contribution in [0.1, 0.15) is 84.2 Å². The largest absolute Gasteiger partial charge is 0.489 e. The molecule has 232 valence electrons. The van der Waals surface area contributed by atoms with E-state index in [-0.39, 0.29) is 30.3 Å². The number of aryl methyl sites for hydroxylation is 1. The van der Waals surface area contributed by atoms with Gasteiger partial charge in [-0.1, -0.05) is 112 Å². The maximum atomic E-state index is 13.2. The average Bonchev–Trinajstić information content (AvgIpc) is 3.09. The zero-order valence-corrected chi connectivity index (χ0v) is 26.1. The Morgan fingerprint density at radius 1 is 0.667 bits per heavy atom. The molecule has 0 aromatic heterocycles. The molecule has 0 fully saturated rings. The number of rotatable bonds is 17. The summed E-state index contributed by atoms with van der Waals surface area (Å²) in [5, 5.41) is 2.64. The van der Waals surface area contributed by atoms with E-state index in [9.17, 15) is 19.3 Å². The first-order chi connectivity index (χ1) is 21.9. The molecule has 0 aliphatic carbocycles. The maximum Gasteiger partial charge on any atom is 0.289 e. The highest BCUT2D eigenvalue weighted by Crippen LogP contribution is 2.26. The van der Waals surface area contributed by atoms with Gasteiger partial charge in [-0.2, -0.15) is 0 Å². The average molecular weight is 604 g/mol. The van der Waals surface area contributed by atoms with Crippen LogP contribution in [0.2, 0.25) is 0 Å². The number of Topliss-reactive ketones (excluding diaryl/α,β-unsaturated/α-hetero) is 2. The Balaban J connectivity index is 1.36. The number of nitrogens with zero attached hydrogens (tertiary/aromatic N) is 1. The first-order valence-corrected chi connectivity index (χ1v) is 15.8. The van der Waals surface area contributed by atoms with Crippen LogP contribution in [-0.4, -0.2) is 17.5 Å². The number of amides is 1. The SMILES string of the molecule is CCCC(CCC)C(=O)c1cccc(CCC(CC(=O)c2ccc(-c3ccc(OCc4ccccc4)cc3)cc2)C(=O)N=O)c1. The number of nitroso groups, excluding NO2 is 1. The first kappa shape index (κ1) is 33.2. The van der Waals surface area contributed by atoms with Crippen LogP contribution < -0.4 is 4.74 Å². The zero-order valence-electron chi connectivity index (χ0n) is 26.1. The van der Waals surface area contributed by atoms with Gasteiger partial charge in [0.2, 0.25) is 0 Å². The van der Waals surface area contributed by atoms with Gasteiger partial charge in [0.1, 0.15) is 12.4 Å². The molecule has 0 spiro atoms. The summed E-state index contributed by atoms with van der Waals surface area (Å²) in [6.45, 7) is 4.66. The van der Waals surface area contributed by atoms with E-state index in [2.05, 4.69) is 19.0 Å². The van der Waals surface area contributed by atoms with Gasteiger partial charge >= 0.3 is 0 Å². The Labute approximate surface area is 265 Å². The lowest BCUT2D eigenvalue weighted by Crippen LogP contribution is -2.18. The third-order valence-electron chi connectivity index (χ3n) is 8.15. The number of benzene rings is 4. The summed E-state index contributed by atoms with van der Waals surface area (Å²) in [6, 6.07) is 32.4. The van der Waals surface area contributed by atoms with Crippen molar-refractivity contribution in [1.29, 1.82) is 0 Å². The second kappa shape index (κ2) is 17.0. The molecule has 6 heteroatoms. The summed E-state index contributed by atoms with van der Waals surface area (Å²) in [7, 11) is 0. The Morgan fingerprint density at radius 3 is 1.91 bits per heavy atom. The van der Waals surface area contributed by atoms with Crippen molar-refractivity contribution in [2.24, 2.45) is 17.0 Å². The van der Waals surface area contributed by atoms with Crippen molar-refractivity contribution < 1.29 is 19.1 Å². The number of carbonyl (C=O) groups excluding carboxylic acids is 3. The molecule has 4 aromatic rings. The highest BCUT2D eigenvalue weighted by Gasteiger charge is 2.24. The third-order valence-corrected chi connectivity index (χ3v) is 8.15. The summed E-state index contributed by atoms with van der Waals surface area (Å²) < 4.78 is 5.87. The lowest BCUT2D eigenvalue weighted by molar-refractivity contribution is -0.121. The Kier molecular flexibility index (Phi) is 12.5. The summed E-state index contributed by atoms with van der Waals surface area (Å²) in [6.07, 6.45) is 4.26. The fourth-order valence-corrected chi connectivity index (χ4v) is 5.62. The quantitative estimate of drug-likeness (QED) is 0.0886. The number of carbonyl (C=O) groups is 3. The molecule has 1 unspecified atom stereocenters. The molecule has 4 rings (SSSR count). The molecule has 6 nitrogen and oxygen atoms in total. The topological polar surface area (TPSA) is 89.9 Å². The van der Waals surface area contributed by atoms with Crippen molar-refractivity contribution in [2.45, 2.75) is 65.4 Å². The zero-order chi connectivity index (χ0) is 32.0. The van der Waals surface area contributed by atoms with Crippen LogP contribution in [0.3, 0.4) is 0 Å². The number of hydrogen-bond donors (Lipinski definition) is 0. The molecule has 0 aliphatic heterocycles. The molecule has 0 bridgehead atoms. The van der Waals surface area contributed by atoms with E-state index in [1.165, 1.54) is 0 Å². The van der Waals surface area contributed by atoms with Gasteiger partial charge < -0.3 is 4.74 Å². The lowest BCUT2D eigenvalue weighted by atomic mass is 9.88. The van der Waals surface area contributed by atoms with E-state index in [4.69, 9.17) is 4.74 Å². The monoisotopic (exact) mass is 603 g/mol. The van der Waals surface area contributed by atoms with Crippen molar-refractivity contribution in [3.63, 3.8) is 0 Å². The summed E-state index contributed by atoms with van der Waals surface area (Å²) in [4.78, 5) is 49.9. The standard InChI is InChI=1S/C39H41NO5/c1-3-9-33(10-4-2)38(42)34-14-8-13-28(25-34)15-16-35(39(43)40-44)26-37(41)32-19-17-30(18-20-32)31-21-23-36(24-22-31)45-27-29-11-6-5-7-12-29/h5-8,11-14,17-25,33,35H,3-4,9-10,15-16,26-27H2,1-2H3. The predicted octanol–water partition coefficient (Wildman–Crippen LogP) is 9.45. The van der Waals surface area contributed by atoms with Gasteiger partial charge in [-0.15, -0.1) is 4.91 Å². The smallest absolute Gasteiger partial charge is 0.289 e. The minimum atomic E-state index is -0.828. The van der Waals surface area contributed by atoms with E-state index in [0.29, 0.717) is 24.2 Å². The van der Waals surface area contributed by atoms with Gasteiger partial charge in [-0.25, -0.2) is 0 Å². The van der Waals surface area contributed by atoms with Gasteiger partial charge in [0.15, 0.2) is 11.6 Å². The normalized spacial score (nSPS) is 11.6. The van der Waals surface area contributed by atoms with E-state index in [1.54, 1.807) is 12.1 Å². The Bertz CT molecular complexity index is 1560. The molecule has 1 amide bonds. The first-order valence-electron chi connectivity index (χ1n) is 15.8. The number of ketones is 2. The molecule has 0 radical (unpaired) electrons. The predicted molar refractivity (Wildman–Crippen MR) is 178 cm³/mol. The van der Waals surface area contributed by atoms with Crippen LogP contribution in [-0.2, 0) is 17.8 Å². The van der Waals surface area contributed by atoms with Crippen LogP contribution in [0.15, 0.2) is 108 Å². The molecule has 1 atom stereocenters. The van der Waals surface area contributed by atoms with Crippen molar-refractivity contribution in [3.05, 3.63) is 130 Å². The van der Waals surface area contributed by atoms with Crippen molar-refractivity contribution in [3.8, 4) is 16.9 Å². The molecular weight excluding hydrogens is 562 g/mol. The number of hydrogen-bond acceptors (Lipinski definition) is 5. The van der Waals surface area contributed by atoms with Crippen molar-refractivity contribution >= 4 is 17.5 Å². The molecule has 0 saturated carbocycles. The van der Waals surface area contributed by atoms with Crippen molar-refractivity contribution in [1.82, 2.24) is 0 Å². The van der Waals surface area contributed by atoms with E-state index < -0.39 is 11.8 Å². The molecule has 0 heterocycles. The highest BCUT2D eigenvalue weighted by molar-refractivity contribution is 5.99. The third kappa shape index (κ3) is 9.64. The van der Waals surface area contributed by atoms with Gasteiger partial charge in [0.05, 0.1) is 5.92 Å². The molecule has 4 aromatic carbocycles. The van der Waals surface area contributed by atoms with E-state index in [0.717, 1.165) is 53.7 Å². The van der Waals surface area contributed by atoms with Crippen LogP contribution >= 0.6 is 0 Å². The van der Waals surface area contributed by atoms with Gasteiger partial charge in [0.25, 0.3) is 5.91 Å². The van der Waals surface area contributed by atoms with Gasteiger partial charge in [-0.3, -0.25) is 14.4 Å². The maximum absolute atomic E-state index is 13.2. The fourth-order valence-electron chi connectivity index (χ4n) is 5.62. The van der Waals surface area contributed by atoms with E-state index >= 15 is 0 Å². The summed E-state index contributed by atoms with van der Waals surface area (Å²) in [5.41, 5.74) is 5.05. The molecule has 0 aliphatic rings. The fraction of sp³-hybridized carbons (Fsp3) is 0.308. The highest BCUT2D eigenvalue weighted by atomic mass is 16.5. The van der Waals surface area contributed by atoms with Crippen LogP contribution in [0.25, 0.3) is 11.1 Å². The Hall–Kier alpha value is -4.71. The molecule has 0 N–H and O–H groups in total. The van der Waals surface area contributed by atoms with Gasteiger partial charge in [-0.05, 0) is 66.1 Å². The summed E-state index contributed by atoms with van der Waals surface area (Å²) >= 11 is 0. The molecular formula is C39H41NO5. The van der Waals surface area contributed by atoms with Crippen molar-refractivity contribution in [2.75, 3.05) is 0 Å². The minimum absolute atomic E-state index is 0.00570.